The number of hydrogen-bond acceptors (Lipinski definition) is 8. The van der Waals surface area contributed by atoms with E-state index in [9.17, 15) is 20.4 Å². The Balaban J connectivity index is 1.30. The number of phenols is 2. The van der Waals surface area contributed by atoms with Crippen LogP contribution in [0.5, 0.6) is 11.5 Å². The molecule has 44 heavy (non-hydrogen) atoms. The molecule has 2 aromatic rings. The summed E-state index contributed by atoms with van der Waals surface area (Å²) in [4.78, 5) is 0. The van der Waals surface area contributed by atoms with E-state index >= 15 is 0 Å². The smallest absolute Gasteiger partial charge is 0.188 e. The van der Waals surface area contributed by atoms with Crippen LogP contribution in [-0.4, -0.2) is 57.0 Å². The fourth-order valence-corrected chi connectivity index (χ4v) is 6.31. The first-order valence-corrected chi connectivity index (χ1v) is 16.9. The molecule has 0 aliphatic carbocycles. The third-order valence-corrected chi connectivity index (χ3v) is 8.93. The van der Waals surface area contributed by atoms with E-state index in [0.717, 1.165) is 82.6 Å². The van der Waals surface area contributed by atoms with Gasteiger partial charge in [0, 0.05) is 24.0 Å². The van der Waals surface area contributed by atoms with Crippen molar-refractivity contribution in [2.24, 2.45) is 0 Å². The Morgan fingerprint density at radius 1 is 0.659 bits per heavy atom. The van der Waals surface area contributed by atoms with Crippen LogP contribution in [-0.2, 0) is 18.9 Å². The van der Waals surface area contributed by atoms with Crippen molar-refractivity contribution >= 4 is 0 Å². The third kappa shape index (κ3) is 11.0. The molecule has 0 radical (unpaired) electrons. The van der Waals surface area contributed by atoms with Gasteiger partial charge in [-0.25, -0.2) is 0 Å². The normalized spacial score (nSPS) is 27.2. The average Bonchev–Trinajstić information content (AvgIpc) is 3.01. The van der Waals surface area contributed by atoms with Crippen molar-refractivity contribution < 1.29 is 39.4 Å². The third-order valence-electron chi connectivity index (χ3n) is 8.93. The van der Waals surface area contributed by atoms with Crippen molar-refractivity contribution in [1.29, 1.82) is 0 Å². The predicted molar refractivity (Wildman–Crippen MR) is 169 cm³/mol. The van der Waals surface area contributed by atoms with Crippen molar-refractivity contribution in [3.8, 4) is 11.5 Å². The molecule has 8 nitrogen and oxygen atoms in total. The highest BCUT2D eigenvalue weighted by molar-refractivity contribution is 5.33. The molecule has 0 bridgehead atoms. The molecule has 2 heterocycles. The average molecular weight is 615 g/mol. The molecule has 8 heteroatoms. The number of benzene rings is 2. The summed E-state index contributed by atoms with van der Waals surface area (Å²) in [6.45, 7) is 4.18. The van der Waals surface area contributed by atoms with Gasteiger partial charge in [-0.2, -0.15) is 0 Å². The van der Waals surface area contributed by atoms with Crippen LogP contribution in [0.25, 0.3) is 0 Å². The zero-order valence-electron chi connectivity index (χ0n) is 26.6. The maximum absolute atomic E-state index is 11.1. The molecule has 2 fully saturated rings. The molecule has 4 N–H and O–H groups in total. The molecule has 0 amide bonds. The van der Waals surface area contributed by atoms with E-state index in [1.165, 1.54) is 0 Å². The zero-order chi connectivity index (χ0) is 31.3. The largest absolute Gasteiger partial charge is 0.508 e. The van der Waals surface area contributed by atoms with Gasteiger partial charge < -0.3 is 39.4 Å². The number of rotatable bonds is 17. The summed E-state index contributed by atoms with van der Waals surface area (Å²) in [7, 11) is 0. The van der Waals surface area contributed by atoms with Gasteiger partial charge in [-0.15, -0.1) is 0 Å². The summed E-state index contributed by atoms with van der Waals surface area (Å²) < 4.78 is 25.2. The van der Waals surface area contributed by atoms with E-state index < -0.39 is 18.7 Å². The Morgan fingerprint density at radius 3 is 1.86 bits per heavy atom. The maximum Gasteiger partial charge on any atom is 0.188 e. The second-order valence-corrected chi connectivity index (χ2v) is 12.6. The molecule has 2 saturated heterocycles. The highest BCUT2D eigenvalue weighted by Gasteiger charge is 2.34. The minimum Gasteiger partial charge on any atom is -0.508 e. The van der Waals surface area contributed by atoms with Crippen LogP contribution in [0.15, 0.2) is 48.5 Å². The SMILES string of the molecule is CCCCCC1CC(CC(O)CCCC2CC(CCCC(O)CC)OC(c3ccc(O)cc3)O2)OC(c2ccccc2O)O1. The van der Waals surface area contributed by atoms with Gasteiger partial charge >= 0.3 is 0 Å². The van der Waals surface area contributed by atoms with Crippen LogP contribution in [0.3, 0.4) is 0 Å². The minimum atomic E-state index is -0.642. The topological polar surface area (TPSA) is 118 Å². The van der Waals surface area contributed by atoms with Gasteiger partial charge in [0.25, 0.3) is 0 Å². The highest BCUT2D eigenvalue weighted by Crippen LogP contribution is 2.38. The second kappa shape index (κ2) is 18.1. The van der Waals surface area contributed by atoms with Crippen LogP contribution in [0, 0.1) is 0 Å². The number of unbranched alkanes of at least 4 members (excludes halogenated alkanes) is 2. The van der Waals surface area contributed by atoms with Gasteiger partial charge in [0.15, 0.2) is 12.6 Å². The number of ether oxygens (including phenoxy) is 4. The van der Waals surface area contributed by atoms with E-state index in [4.69, 9.17) is 18.9 Å². The summed E-state index contributed by atoms with van der Waals surface area (Å²) in [5, 5.41) is 41.2. The number of phenolic OH excluding ortho intramolecular Hbond substituents is 2. The van der Waals surface area contributed by atoms with Crippen LogP contribution >= 0.6 is 0 Å². The fourth-order valence-electron chi connectivity index (χ4n) is 6.31. The summed E-state index contributed by atoms with van der Waals surface area (Å²) in [6, 6.07) is 14.1. The number of para-hydroxylation sites is 1. The van der Waals surface area contributed by atoms with E-state index in [2.05, 4.69) is 6.92 Å². The van der Waals surface area contributed by atoms with E-state index in [1.807, 2.05) is 31.2 Å². The van der Waals surface area contributed by atoms with E-state index in [1.54, 1.807) is 24.3 Å². The Bertz CT molecular complexity index is 1080. The van der Waals surface area contributed by atoms with Gasteiger partial charge in [0.05, 0.1) is 36.6 Å². The molecule has 2 aromatic carbocycles. The van der Waals surface area contributed by atoms with Crippen LogP contribution in [0.4, 0.5) is 0 Å². The molecule has 0 aromatic heterocycles. The van der Waals surface area contributed by atoms with Crippen molar-refractivity contribution in [3.05, 3.63) is 59.7 Å². The molecular formula is C36H54O8. The fraction of sp³-hybridized carbons (Fsp3) is 0.667. The number of aliphatic hydroxyl groups is 2. The second-order valence-electron chi connectivity index (χ2n) is 12.6. The first-order valence-electron chi connectivity index (χ1n) is 16.9. The van der Waals surface area contributed by atoms with Crippen molar-refractivity contribution in [3.63, 3.8) is 0 Å². The van der Waals surface area contributed by atoms with Crippen molar-refractivity contribution in [2.75, 3.05) is 0 Å². The number of aliphatic hydroxyl groups excluding tert-OH is 2. The molecule has 0 spiro atoms. The Kier molecular flexibility index (Phi) is 14.2. The lowest BCUT2D eigenvalue weighted by Crippen LogP contribution is -2.36. The van der Waals surface area contributed by atoms with Gasteiger partial charge in [-0.3, -0.25) is 0 Å². The molecule has 8 atom stereocenters. The Labute approximate surface area is 263 Å². The summed E-state index contributed by atoms with van der Waals surface area (Å²) in [6.07, 6.45) is 9.79. The Morgan fingerprint density at radius 2 is 1.23 bits per heavy atom. The Hall–Kier alpha value is -2.20. The van der Waals surface area contributed by atoms with Gasteiger partial charge in [-0.1, -0.05) is 63.4 Å². The van der Waals surface area contributed by atoms with E-state index in [-0.39, 0.29) is 42.0 Å². The molecule has 8 unspecified atom stereocenters. The number of hydrogen-bond donors (Lipinski definition) is 4. The van der Waals surface area contributed by atoms with Crippen LogP contribution in [0.2, 0.25) is 0 Å². The maximum atomic E-state index is 11.1. The number of aromatic hydroxyl groups is 2. The lowest BCUT2D eigenvalue weighted by molar-refractivity contribution is -0.254. The summed E-state index contributed by atoms with van der Waals surface area (Å²) in [5.74, 6) is 0.362. The quantitative estimate of drug-likeness (QED) is 0.135. The molecule has 2 aliphatic rings. The van der Waals surface area contributed by atoms with Gasteiger partial charge in [0.1, 0.15) is 11.5 Å². The van der Waals surface area contributed by atoms with Crippen molar-refractivity contribution in [1.82, 2.24) is 0 Å². The first kappa shape index (κ1) is 34.7. The summed E-state index contributed by atoms with van der Waals surface area (Å²) in [5.41, 5.74) is 1.50. The lowest BCUT2D eigenvalue weighted by atomic mass is 9.95. The van der Waals surface area contributed by atoms with Gasteiger partial charge in [0.2, 0.25) is 0 Å². The van der Waals surface area contributed by atoms with Crippen LogP contribution in [0.1, 0.15) is 127 Å². The predicted octanol–water partition coefficient (Wildman–Crippen LogP) is 7.59. The lowest BCUT2D eigenvalue weighted by Gasteiger charge is -2.37. The monoisotopic (exact) mass is 614 g/mol. The highest BCUT2D eigenvalue weighted by atomic mass is 16.7. The molecule has 246 valence electrons. The van der Waals surface area contributed by atoms with E-state index in [0.29, 0.717) is 18.4 Å². The molecule has 0 saturated carbocycles. The molecule has 4 rings (SSSR count). The first-order chi connectivity index (χ1) is 21.3. The zero-order valence-corrected chi connectivity index (χ0v) is 26.6. The van der Waals surface area contributed by atoms with Crippen molar-refractivity contribution in [2.45, 2.75) is 153 Å². The van der Waals surface area contributed by atoms with Crippen LogP contribution < -0.4 is 0 Å². The van der Waals surface area contributed by atoms with Gasteiger partial charge in [-0.05, 0) is 76.0 Å². The molecular weight excluding hydrogens is 560 g/mol. The minimum absolute atomic E-state index is 0.0106. The summed E-state index contributed by atoms with van der Waals surface area (Å²) >= 11 is 0. The standard InChI is InChI=1S/C36H54O8/c1-3-5-6-13-29-24-32(44-36(43-29)33-16-7-8-17-34(33)40)22-28(39)12-10-15-31-23-30(14-9-11-26(37)4-2)41-35(42-31)25-18-20-27(38)21-19-25/h7-8,16-21,26,28-32,35-40H,3-6,9-15,22-24H2,1-2H3. The molecule has 2 aliphatic heterocycles.